The minimum Gasteiger partial charge on any atom is -0.486 e. The molecule has 0 saturated heterocycles. The molecule has 0 amide bonds. The van der Waals surface area contributed by atoms with Crippen LogP contribution in [-0.4, -0.2) is 32.1 Å². The number of carboxylic acid groups (broad SMARTS) is 1. The van der Waals surface area contributed by atoms with Gasteiger partial charge in [-0.15, -0.1) is 0 Å². The average molecular weight is 508 g/mol. The Morgan fingerprint density at radius 2 is 1.85 bits per heavy atom. The number of carbonyl (C=O) groups is 1. The van der Waals surface area contributed by atoms with Gasteiger partial charge in [0, 0.05) is 24.1 Å². The number of hydrogen-bond donors (Lipinski definition) is 1. The summed E-state index contributed by atoms with van der Waals surface area (Å²) in [5, 5.41) is 9.15. The maximum atomic E-state index is 13.8. The van der Waals surface area contributed by atoms with Crippen molar-refractivity contribution in [3.05, 3.63) is 76.8 Å². The van der Waals surface area contributed by atoms with Gasteiger partial charge < -0.3 is 9.84 Å². The fraction of sp³-hybridized carbons (Fsp3) is 0.208. The Morgan fingerprint density at radius 1 is 1.15 bits per heavy atom. The summed E-state index contributed by atoms with van der Waals surface area (Å²) in [6, 6.07) is 12.1. The Kier molecular flexibility index (Phi) is 6.51. The summed E-state index contributed by atoms with van der Waals surface area (Å²) in [5.41, 5.74) is 1.23. The molecule has 6 nitrogen and oxygen atoms in total. The van der Waals surface area contributed by atoms with Crippen molar-refractivity contribution in [2.45, 2.75) is 30.8 Å². The van der Waals surface area contributed by atoms with Crippen molar-refractivity contribution >= 4 is 33.3 Å². The lowest BCUT2D eigenvalue weighted by molar-refractivity contribution is -0.137. The van der Waals surface area contributed by atoms with Crippen LogP contribution >= 0.6 is 11.6 Å². The van der Waals surface area contributed by atoms with Crippen LogP contribution in [0.25, 0.3) is 11.1 Å². The molecule has 0 saturated carbocycles. The minimum atomic E-state index is -4.08. The maximum absolute atomic E-state index is 13.8. The molecule has 0 aromatic heterocycles. The van der Waals surface area contributed by atoms with Crippen LogP contribution in [0.4, 0.5) is 14.5 Å². The number of fused-ring (bicyclic) bond motifs is 1. The number of hydrogen-bond acceptors (Lipinski definition) is 4. The summed E-state index contributed by atoms with van der Waals surface area (Å²) in [6.45, 7) is 1.62. The molecule has 0 aliphatic carbocycles. The fourth-order valence-corrected chi connectivity index (χ4v) is 5.70. The van der Waals surface area contributed by atoms with Crippen LogP contribution in [0.2, 0.25) is 5.02 Å². The molecule has 3 aromatic rings. The van der Waals surface area contributed by atoms with E-state index < -0.39 is 33.7 Å². The topological polar surface area (TPSA) is 83.9 Å². The largest absolute Gasteiger partial charge is 0.486 e. The van der Waals surface area contributed by atoms with Crippen LogP contribution in [0.5, 0.6) is 5.75 Å². The summed E-state index contributed by atoms with van der Waals surface area (Å²) in [5.74, 6) is -2.52. The third-order valence-corrected chi connectivity index (χ3v) is 7.50. The third kappa shape index (κ3) is 4.85. The van der Waals surface area contributed by atoms with Gasteiger partial charge in [-0.05, 0) is 54.8 Å². The lowest BCUT2D eigenvalue weighted by Gasteiger charge is -2.36. The number of sulfonamides is 1. The lowest BCUT2D eigenvalue weighted by atomic mass is 10.0. The Bertz CT molecular complexity index is 1360. The molecule has 1 heterocycles. The van der Waals surface area contributed by atoms with Crippen LogP contribution < -0.4 is 9.04 Å². The van der Waals surface area contributed by atoms with Crippen molar-refractivity contribution in [3.8, 4) is 16.9 Å². The molecule has 178 valence electrons. The molecule has 0 unspecified atom stereocenters. The predicted molar refractivity (Wildman–Crippen MR) is 124 cm³/mol. The van der Waals surface area contributed by atoms with Gasteiger partial charge in [0.1, 0.15) is 23.5 Å². The number of aliphatic carboxylic acids is 1. The molecule has 1 N–H and O–H groups in total. The summed E-state index contributed by atoms with van der Waals surface area (Å²) < 4.78 is 62.0. The van der Waals surface area contributed by atoms with E-state index in [0.29, 0.717) is 0 Å². The van der Waals surface area contributed by atoms with Crippen molar-refractivity contribution in [1.29, 1.82) is 0 Å². The summed E-state index contributed by atoms with van der Waals surface area (Å²) >= 11 is 6.39. The van der Waals surface area contributed by atoms with E-state index in [2.05, 4.69) is 0 Å². The van der Waals surface area contributed by atoms with E-state index in [0.717, 1.165) is 28.1 Å². The molecule has 10 heteroatoms. The van der Waals surface area contributed by atoms with Gasteiger partial charge in [0.2, 0.25) is 0 Å². The first-order chi connectivity index (χ1) is 16.0. The van der Waals surface area contributed by atoms with Crippen molar-refractivity contribution in [3.63, 3.8) is 0 Å². The number of carboxylic acids is 1. The summed E-state index contributed by atoms with van der Waals surface area (Å²) in [6.07, 6.45) is -0.882. The average Bonchev–Trinajstić information content (AvgIpc) is 2.75. The molecular formula is C24H20ClF2NO5S. The van der Waals surface area contributed by atoms with Crippen LogP contribution in [0.15, 0.2) is 59.5 Å². The standard InChI is InChI=1S/C24H20ClF2NO5S/c1-14-3-2-4-19(7-14)34(31,32)28-13-18(5-6-24(29)30)33-23-12-21(25)20(11-22(23)28)15-8-16(26)10-17(27)9-15/h2-4,7-12,18H,5-6,13H2,1H3,(H,29,30)/t18-/m0/s1. The number of aryl methyl sites for hydroxylation is 1. The van der Waals surface area contributed by atoms with Crippen LogP contribution in [0, 0.1) is 18.6 Å². The van der Waals surface area contributed by atoms with E-state index in [4.69, 9.17) is 21.4 Å². The Balaban J connectivity index is 1.86. The zero-order valence-electron chi connectivity index (χ0n) is 18.0. The number of halogens is 3. The molecule has 0 bridgehead atoms. The predicted octanol–water partition coefficient (Wildman–Crippen LogP) is 5.41. The second kappa shape index (κ2) is 9.23. The van der Waals surface area contributed by atoms with Gasteiger partial charge in [0.25, 0.3) is 10.0 Å². The van der Waals surface area contributed by atoms with E-state index in [-0.39, 0.29) is 51.9 Å². The second-order valence-electron chi connectivity index (χ2n) is 7.98. The Labute approximate surface area is 200 Å². The molecule has 0 fully saturated rings. The Hall–Kier alpha value is -3.17. The third-order valence-electron chi connectivity index (χ3n) is 5.41. The van der Waals surface area contributed by atoms with E-state index >= 15 is 0 Å². The molecule has 1 aliphatic heterocycles. The second-order valence-corrected chi connectivity index (χ2v) is 10.3. The smallest absolute Gasteiger partial charge is 0.303 e. The van der Waals surface area contributed by atoms with Gasteiger partial charge in [-0.1, -0.05) is 23.7 Å². The van der Waals surface area contributed by atoms with Crippen LogP contribution in [0.1, 0.15) is 18.4 Å². The van der Waals surface area contributed by atoms with Gasteiger partial charge in [-0.2, -0.15) is 0 Å². The highest BCUT2D eigenvalue weighted by Crippen LogP contribution is 2.44. The molecule has 1 aliphatic rings. The number of rotatable bonds is 6. The van der Waals surface area contributed by atoms with Crippen molar-refractivity contribution < 1.29 is 31.8 Å². The first kappa shape index (κ1) is 24.0. The highest BCUT2D eigenvalue weighted by molar-refractivity contribution is 7.92. The zero-order valence-corrected chi connectivity index (χ0v) is 19.5. The van der Waals surface area contributed by atoms with Gasteiger partial charge >= 0.3 is 5.97 Å². The molecular weight excluding hydrogens is 488 g/mol. The normalized spacial score (nSPS) is 15.5. The molecule has 1 atom stereocenters. The van der Waals surface area contributed by atoms with Gasteiger partial charge in [-0.3, -0.25) is 9.10 Å². The number of nitrogens with zero attached hydrogens (tertiary/aromatic N) is 1. The monoisotopic (exact) mass is 507 g/mol. The minimum absolute atomic E-state index is 0.0469. The van der Waals surface area contributed by atoms with Crippen molar-refractivity contribution in [2.24, 2.45) is 0 Å². The van der Waals surface area contributed by atoms with Gasteiger partial charge in [-0.25, -0.2) is 17.2 Å². The Morgan fingerprint density at radius 3 is 2.50 bits per heavy atom. The van der Waals surface area contributed by atoms with Crippen molar-refractivity contribution in [1.82, 2.24) is 0 Å². The quantitative estimate of drug-likeness (QED) is 0.482. The fourth-order valence-electron chi connectivity index (χ4n) is 3.83. The van der Waals surface area contributed by atoms with E-state index in [9.17, 15) is 22.0 Å². The number of benzene rings is 3. The molecule has 3 aromatic carbocycles. The molecule has 0 radical (unpaired) electrons. The highest BCUT2D eigenvalue weighted by Gasteiger charge is 2.35. The van der Waals surface area contributed by atoms with E-state index in [1.807, 2.05) is 0 Å². The molecule has 34 heavy (non-hydrogen) atoms. The van der Waals surface area contributed by atoms with Crippen molar-refractivity contribution in [2.75, 3.05) is 10.8 Å². The van der Waals surface area contributed by atoms with E-state index in [1.165, 1.54) is 24.3 Å². The summed E-state index contributed by atoms with van der Waals surface area (Å²) in [7, 11) is -4.08. The zero-order chi connectivity index (χ0) is 24.6. The summed E-state index contributed by atoms with van der Waals surface area (Å²) in [4.78, 5) is 11.1. The number of anilines is 1. The maximum Gasteiger partial charge on any atom is 0.303 e. The first-order valence-electron chi connectivity index (χ1n) is 10.3. The lowest BCUT2D eigenvalue weighted by Crippen LogP contribution is -2.43. The van der Waals surface area contributed by atoms with Crippen LogP contribution in [-0.2, 0) is 14.8 Å². The highest BCUT2D eigenvalue weighted by atomic mass is 35.5. The SMILES string of the molecule is Cc1cccc(S(=O)(=O)N2C[C@H](CCC(=O)O)Oc3cc(Cl)c(-c4cc(F)cc(F)c4)cc32)c1. The van der Waals surface area contributed by atoms with Crippen LogP contribution in [0.3, 0.4) is 0 Å². The first-order valence-corrected chi connectivity index (χ1v) is 12.1. The number of ether oxygens (including phenoxy) is 1. The molecule has 4 rings (SSSR count). The van der Waals surface area contributed by atoms with Gasteiger partial charge in [0.05, 0.1) is 22.2 Å². The van der Waals surface area contributed by atoms with Gasteiger partial charge in [0.15, 0.2) is 0 Å². The molecule has 0 spiro atoms. The van der Waals surface area contributed by atoms with E-state index in [1.54, 1.807) is 19.1 Å².